The summed E-state index contributed by atoms with van der Waals surface area (Å²) in [6, 6.07) is 4.67. The van der Waals surface area contributed by atoms with E-state index in [1.54, 1.807) is 5.57 Å². The molecule has 0 aliphatic heterocycles. The smallest absolute Gasteiger partial charge is 0.0167 e. The topological polar surface area (TPSA) is 12.0 Å². The molecule has 0 bridgehead atoms. The minimum absolute atomic E-state index is 0.789. The average Bonchev–Trinajstić information content (AvgIpc) is 2.45. The highest BCUT2D eigenvalue weighted by molar-refractivity contribution is 5.59. The number of likely N-dealkylation sites (N-methyl/N-ethyl adjacent to an activating group) is 1. The molecule has 0 heterocycles. The third-order valence-corrected chi connectivity index (χ3v) is 4.73. The zero-order valence-corrected chi connectivity index (χ0v) is 13.6. The van der Waals surface area contributed by atoms with E-state index >= 15 is 0 Å². The van der Waals surface area contributed by atoms with Crippen molar-refractivity contribution in [2.75, 3.05) is 13.6 Å². The predicted octanol–water partition coefficient (Wildman–Crippen LogP) is 4.79. The van der Waals surface area contributed by atoms with Crippen molar-refractivity contribution >= 4 is 6.08 Å². The highest BCUT2D eigenvalue weighted by Gasteiger charge is 2.17. The lowest BCUT2D eigenvalue weighted by Crippen LogP contribution is -2.19. The third kappa shape index (κ3) is 3.73. The molecule has 20 heavy (non-hydrogen) atoms. The molecule has 2 rings (SSSR count). The fraction of sp³-hybridized carbons (Fsp3) is 0.579. The van der Waals surface area contributed by atoms with Gasteiger partial charge in [0.2, 0.25) is 0 Å². The van der Waals surface area contributed by atoms with E-state index in [0.717, 1.165) is 12.5 Å². The van der Waals surface area contributed by atoms with Crippen molar-refractivity contribution in [1.29, 1.82) is 0 Å². The molecular formula is C19H29N. The van der Waals surface area contributed by atoms with Gasteiger partial charge >= 0.3 is 0 Å². The molecule has 0 unspecified atom stereocenters. The van der Waals surface area contributed by atoms with Crippen molar-refractivity contribution in [1.82, 2.24) is 5.32 Å². The Hall–Kier alpha value is -1.08. The molecule has 0 spiro atoms. The van der Waals surface area contributed by atoms with Crippen LogP contribution in [0.4, 0.5) is 0 Å². The minimum atomic E-state index is 0.789. The number of rotatable bonds is 4. The number of nitrogens with one attached hydrogen (secondary N) is 1. The van der Waals surface area contributed by atoms with E-state index in [4.69, 9.17) is 0 Å². The molecule has 0 aromatic heterocycles. The van der Waals surface area contributed by atoms with Crippen LogP contribution < -0.4 is 5.32 Å². The largest absolute Gasteiger partial charge is 0.316 e. The first-order chi connectivity index (χ1) is 9.61. The lowest BCUT2D eigenvalue weighted by molar-refractivity contribution is 0.398. The van der Waals surface area contributed by atoms with Crippen LogP contribution in [0.3, 0.4) is 0 Å². The Morgan fingerprint density at radius 2 is 1.70 bits per heavy atom. The highest BCUT2D eigenvalue weighted by Crippen LogP contribution is 2.31. The monoisotopic (exact) mass is 271 g/mol. The van der Waals surface area contributed by atoms with Gasteiger partial charge in [-0.05, 0) is 68.8 Å². The number of aryl methyl sites for hydroxylation is 3. The van der Waals surface area contributed by atoms with Gasteiger partial charge in [-0.2, -0.15) is 0 Å². The summed E-state index contributed by atoms with van der Waals surface area (Å²) in [4.78, 5) is 0. The van der Waals surface area contributed by atoms with Crippen molar-refractivity contribution in [3.63, 3.8) is 0 Å². The van der Waals surface area contributed by atoms with Gasteiger partial charge in [-0.25, -0.2) is 0 Å². The van der Waals surface area contributed by atoms with Crippen molar-refractivity contribution in [2.45, 2.75) is 52.9 Å². The zero-order valence-electron chi connectivity index (χ0n) is 13.6. The Morgan fingerprint density at radius 3 is 2.35 bits per heavy atom. The van der Waals surface area contributed by atoms with Gasteiger partial charge in [-0.3, -0.25) is 0 Å². The van der Waals surface area contributed by atoms with Crippen LogP contribution >= 0.6 is 0 Å². The second-order valence-electron chi connectivity index (χ2n) is 6.38. The molecule has 1 N–H and O–H groups in total. The molecule has 0 amide bonds. The number of benzene rings is 1. The summed E-state index contributed by atoms with van der Waals surface area (Å²) in [6.07, 6.45) is 9.42. The van der Waals surface area contributed by atoms with Crippen LogP contribution in [0.5, 0.6) is 0 Å². The third-order valence-electron chi connectivity index (χ3n) is 4.73. The van der Waals surface area contributed by atoms with Gasteiger partial charge in [0.15, 0.2) is 0 Å². The summed E-state index contributed by atoms with van der Waals surface area (Å²) in [5, 5.41) is 3.36. The van der Waals surface area contributed by atoms with Crippen molar-refractivity contribution in [2.24, 2.45) is 5.92 Å². The van der Waals surface area contributed by atoms with Gasteiger partial charge in [0, 0.05) is 6.54 Å². The normalized spacial score (nSPS) is 17.5. The van der Waals surface area contributed by atoms with Gasteiger partial charge in [0.05, 0.1) is 0 Å². The fourth-order valence-corrected chi connectivity index (χ4v) is 3.33. The summed E-state index contributed by atoms with van der Waals surface area (Å²) in [5.41, 5.74) is 7.20. The summed E-state index contributed by atoms with van der Waals surface area (Å²) >= 11 is 0. The second kappa shape index (κ2) is 7.08. The zero-order chi connectivity index (χ0) is 14.5. The van der Waals surface area contributed by atoms with E-state index < -0.39 is 0 Å². The van der Waals surface area contributed by atoms with Gasteiger partial charge in [0.1, 0.15) is 0 Å². The number of hydrogen-bond donors (Lipinski definition) is 1. The lowest BCUT2D eigenvalue weighted by Gasteiger charge is -2.25. The maximum Gasteiger partial charge on any atom is 0.0167 e. The predicted molar refractivity (Wildman–Crippen MR) is 89.1 cm³/mol. The van der Waals surface area contributed by atoms with Crippen LogP contribution in [-0.2, 0) is 0 Å². The lowest BCUT2D eigenvalue weighted by atomic mass is 9.82. The second-order valence-corrected chi connectivity index (χ2v) is 6.38. The standard InChI is InChI=1S/C19H29N/c1-14-10-16(3)18(11-15(14)2)12-19(13-20-4)17-8-6-5-7-9-17/h10-12,17,20H,5-9,13H2,1-4H3/b19-12-. The highest BCUT2D eigenvalue weighted by atomic mass is 14.8. The summed E-state index contributed by atoms with van der Waals surface area (Å²) in [7, 11) is 2.06. The van der Waals surface area contributed by atoms with Gasteiger partial charge < -0.3 is 5.32 Å². The molecule has 1 nitrogen and oxygen atoms in total. The maximum atomic E-state index is 3.36. The first-order valence-corrected chi connectivity index (χ1v) is 8.04. The fourth-order valence-electron chi connectivity index (χ4n) is 3.33. The first kappa shape index (κ1) is 15.3. The van der Waals surface area contributed by atoms with Crippen molar-refractivity contribution in [3.05, 3.63) is 40.0 Å². The molecule has 1 aromatic rings. The average molecular weight is 271 g/mol. The molecule has 1 aromatic carbocycles. The van der Waals surface area contributed by atoms with Crippen LogP contribution in [0.15, 0.2) is 17.7 Å². The maximum absolute atomic E-state index is 3.36. The van der Waals surface area contributed by atoms with E-state index in [1.807, 2.05) is 0 Å². The van der Waals surface area contributed by atoms with E-state index in [9.17, 15) is 0 Å². The van der Waals surface area contributed by atoms with Crippen LogP contribution in [0.1, 0.15) is 54.4 Å². The van der Waals surface area contributed by atoms with Gasteiger partial charge in [0.25, 0.3) is 0 Å². The Kier molecular flexibility index (Phi) is 5.42. The van der Waals surface area contributed by atoms with E-state index in [1.165, 1.54) is 54.4 Å². The molecule has 1 aliphatic carbocycles. The Labute approximate surface area is 124 Å². The van der Waals surface area contributed by atoms with Crippen LogP contribution in [0.2, 0.25) is 0 Å². The van der Waals surface area contributed by atoms with Gasteiger partial charge in [-0.15, -0.1) is 0 Å². The molecule has 0 atom stereocenters. The SMILES string of the molecule is CNC/C(=C/c1cc(C)c(C)cc1C)C1CCCCC1. The van der Waals surface area contributed by atoms with Crippen molar-refractivity contribution < 1.29 is 0 Å². The van der Waals surface area contributed by atoms with Gasteiger partial charge in [-0.1, -0.05) is 43.0 Å². The molecule has 1 saturated carbocycles. The van der Waals surface area contributed by atoms with E-state index in [0.29, 0.717) is 0 Å². The molecule has 1 fully saturated rings. The van der Waals surface area contributed by atoms with Crippen LogP contribution in [0, 0.1) is 26.7 Å². The van der Waals surface area contributed by atoms with E-state index in [-0.39, 0.29) is 0 Å². The minimum Gasteiger partial charge on any atom is -0.316 e. The van der Waals surface area contributed by atoms with Crippen molar-refractivity contribution in [3.8, 4) is 0 Å². The molecule has 1 heteroatoms. The first-order valence-electron chi connectivity index (χ1n) is 8.04. The Morgan fingerprint density at radius 1 is 1.05 bits per heavy atom. The van der Waals surface area contributed by atoms with Crippen LogP contribution in [-0.4, -0.2) is 13.6 Å². The molecule has 1 aliphatic rings. The molecule has 0 radical (unpaired) electrons. The number of hydrogen-bond acceptors (Lipinski definition) is 1. The quantitative estimate of drug-likeness (QED) is 0.830. The van der Waals surface area contributed by atoms with Crippen LogP contribution in [0.25, 0.3) is 6.08 Å². The van der Waals surface area contributed by atoms with E-state index in [2.05, 4.69) is 51.3 Å². The Bertz CT molecular complexity index is 479. The Balaban J connectivity index is 2.30. The summed E-state index contributed by atoms with van der Waals surface area (Å²) in [5.74, 6) is 0.789. The molecular weight excluding hydrogens is 242 g/mol. The molecule has 110 valence electrons. The molecule has 0 saturated heterocycles. The summed E-state index contributed by atoms with van der Waals surface area (Å²) < 4.78 is 0. The summed E-state index contributed by atoms with van der Waals surface area (Å²) in [6.45, 7) is 7.67.